The summed E-state index contributed by atoms with van der Waals surface area (Å²) in [6, 6.07) is 7.52. The van der Waals surface area contributed by atoms with Gasteiger partial charge in [0.1, 0.15) is 29.1 Å². The fourth-order valence-corrected chi connectivity index (χ4v) is 2.10. The average Bonchev–Trinajstić information content (AvgIpc) is 2.47. The topological polar surface area (TPSA) is 23.8 Å². The molecule has 0 aliphatic carbocycles. The van der Waals surface area contributed by atoms with Gasteiger partial charge in [0.05, 0.1) is 6.33 Å². The van der Waals surface area contributed by atoms with Crippen LogP contribution in [0.2, 0.25) is 0 Å². The molecular weight excluding hydrogens is 294 g/mol. The number of hydrogen-bond acceptors (Lipinski definition) is 1. The Morgan fingerprint density at radius 2 is 1.68 bits per heavy atom. The maximum absolute atomic E-state index is 14.1. The van der Waals surface area contributed by atoms with E-state index in [9.17, 15) is 17.6 Å². The van der Waals surface area contributed by atoms with Crippen molar-refractivity contribution in [1.29, 1.82) is 5.26 Å². The summed E-state index contributed by atoms with van der Waals surface area (Å²) in [5.41, 5.74) is 0.00139. The van der Waals surface area contributed by atoms with Gasteiger partial charge in [-0.2, -0.15) is 5.26 Å². The summed E-state index contributed by atoms with van der Waals surface area (Å²) in [4.78, 5) is 0. The number of nitrogens with zero attached hydrogens (tertiary/aromatic N) is 1. The Hall–Kier alpha value is -2.61. The van der Waals surface area contributed by atoms with Gasteiger partial charge in [0.25, 0.3) is 0 Å². The zero-order chi connectivity index (χ0) is 16.1. The summed E-state index contributed by atoms with van der Waals surface area (Å²) in [7, 11) is 0. The molecule has 0 fully saturated rings. The van der Waals surface area contributed by atoms with Gasteiger partial charge in [-0.15, -0.1) is 0 Å². The maximum atomic E-state index is 14.1. The number of benzene rings is 2. The third-order valence-corrected chi connectivity index (χ3v) is 3.19. The van der Waals surface area contributed by atoms with Gasteiger partial charge in [-0.3, -0.25) is 0 Å². The van der Waals surface area contributed by atoms with Crippen LogP contribution in [0.5, 0.6) is 0 Å². The lowest BCUT2D eigenvalue weighted by Gasteiger charge is -2.07. The Morgan fingerprint density at radius 3 is 2.23 bits per heavy atom. The van der Waals surface area contributed by atoms with Crippen LogP contribution in [0, 0.1) is 28.8 Å². The van der Waals surface area contributed by atoms with E-state index in [0.717, 1.165) is 12.1 Å². The fourth-order valence-electron chi connectivity index (χ4n) is 2.10. The van der Waals surface area contributed by atoms with Crippen LogP contribution in [0.15, 0.2) is 42.7 Å². The van der Waals surface area contributed by atoms with Crippen LogP contribution < -0.4 is 0 Å². The van der Waals surface area contributed by atoms with Crippen LogP contribution in [0.4, 0.5) is 17.6 Å². The largest absolute Gasteiger partial charge is 0.216 e. The molecule has 0 heterocycles. The zero-order valence-corrected chi connectivity index (χ0v) is 11.4. The van der Waals surface area contributed by atoms with E-state index in [2.05, 4.69) is 0 Å². The molecule has 112 valence electrons. The Balaban J connectivity index is 2.36. The molecule has 0 atom stereocenters. The second kappa shape index (κ2) is 6.90. The number of halogens is 4. The predicted molar refractivity (Wildman–Crippen MR) is 75.0 cm³/mol. The summed E-state index contributed by atoms with van der Waals surface area (Å²) in [5.74, 6) is -2.70. The number of hydrogen-bond donors (Lipinski definition) is 0. The van der Waals surface area contributed by atoms with Gasteiger partial charge in [-0.05, 0) is 42.2 Å². The summed E-state index contributed by atoms with van der Waals surface area (Å²) < 4.78 is 53.1. The highest BCUT2D eigenvalue weighted by atomic mass is 19.1. The van der Waals surface area contributed by atoms with Crippen LogP contribution in [0.1, 0.15) is 17.5 Å². The van der Waals surface area contributed by atoms with Crippen molar-refractivity contribution in [1.82, 2.24) is 0 Å². The fraction of sp³-hybridized carbons (Fsp3) is 0.118. The Kier molecular flexibility index (Phi) is 4.95. The lowest BCUT2D eigenvalue weighted by atomic mass is 10.00. The zero-order valence-electron chi connectivity index (χ0n) is 11.4. The molecule has 0 saturated carbocycles. The van der Waals surface area contributed by atoms with Crippen molar-refractivity contribution in [3.8, 4) is 17.2 Å². The molecule has 2 rings (SSSR count). The standard InChI is InChI=1S/C17H11F4N/c18-6-2-1-3-11-4-5-13(15(19)7-11)12-8-16(20)14(10-22)17(21)9-12/h2,4-9H,1,3H2/b6-2+. The molecule has 2 aromatic carbocycles. The van der Waals surface area contributed by atoms with Gasteiger partial charge in [0.2, 0.25) is 0 Å². The molecule has 2 aromatic rings. The minimum absolute atomic E-state index is 0.0155. The molecule has 1 nitrogen and oxygen atoms in total. The number of rotatable bonds is 4. The van der Waals surface area contributed by atoms with Crippen molar-refractivity contribution >= 4 is 0 Å². The lowest BCUT2D eigenvalue weighted by molar-refractivity contribution is 0.577. The van der Waals surface area contributed by atoms with Gasteiger partial charge in [-0.25, -0.2) is 17.6 Å². The van der Waals surface area contributed by atoms with Crippen LogP contribution in [0.25, 0.3) is 11.1 Å². The first kappa shape index (κ1) is 15.8. The molecule has 0 aromatic heterocycles. The first-order valence-electron chi connectivity index (χ1n) is 6.50. The molecule has 0 radical (unpaired) electrons. The maximum Gasteiger partial charge on any atom is 0.144 e. The average molecular weight is 305 g/mol. The van der Waals surface area contributed by atoms with Crippen molar-refractivity contribution < 1.29 is 17.6 Å². The Labute approximate surface area is 125 Å². The highest BCUT2D eigenvalue weighted by Gasteiger charge is 2.14. The molecule has 0 saturated heterocycles. The van der Waals surface area contributed by atoms with E-state index in [1.165, 1.54) is 24.3 Å². The highest BCUT2D eigenvalue weighted by molar-refractivity contribution is 5.65. The molecule has 0 aliphatic rings. The molecule has 0 N–H and O–H groups in total. The van der Waals surface area contributed by atoms with Gasteiger partial charge in [0, 0.05) is 5.56 Å². The number of nitriles is 1. The highest BCUT2D eigenvalue weighted by Crippen LogP contribution is 2.27. The number of allylic oxidation sites excluding steroid dienone is 1. The molecular formula is C17H11F4N. The number of aryl methyl sites for hydroxylation is 1. The van der Waals surface area contributed by atoms with Gasteiger partial charge < -0.3 is 0 Å². The lowest BCUT2D eigenvalue weighted by Crippen LogP contribution is -1.94. The van der Waals surface area contributed by atoms with Crippen LogP contribution in [-0.4, -0.2) is 0 Å². The third kappa shape index (κ3) is 3.34. The normalized spacial score (nSPS) is 10.9. The van der Waals surface area contributed by atoms with Gasteiger partial charge >= 0.3 is 0 Å². The van der Waals surface area contributed by atoms with Crippen molar-refractivity contribution in [3.05, 3.63) is 71.3 Å². The SMILES string of the molecule is N#Cc1c(F)cc(-c2ccc(CC/C=C/F)cc2F)cc1F. The predicted octanol–water partition coefficient (Wildman–Crippen LogP) is 5.06. The second-order valence-electron chi connectivity index (χ2n) is 4.64. The molecule has 22 heavy (non-hydrogen) atoms. The van der Waals surface area contributed by atoms with Crippen LogP contribution in [-0.2, 0) is 6.42 Å². The second-order valence-corrected chi connectivity index (χ2v) is 4.64. The first-order chi connectivity index (χ1) is 10.6. The van der Waals surface area contributed by atoms with Crippen molar-refractivity contribution in [3.63, 3.8) is 0 Å². The quantitative estimate of drug-likeness (QED) is 0.724. The summed E-state index contributed by atoms with van der Waals surface area (Å²) in [6.45, 7) is 0. The van der Waals surface area contributed by atoms with E-state index in [1.807, 2.05) is 0 Å². The minimum Gasteiger partial charge on any atom is -0.216 e. The molecule has 0 spiro atoms. The smallest absolute Gasteiger partial charge is 0.144 e. The summed E-state index contributed by atoms with van der Waals surface area (Å²) in [5, 5.41) is 8.62. The minimum atomic E-state index is -1.03. The third-order valence-electron chi connectivity index (χ3n) is 3.19. The van der Waals surface area contributed by atoms with E-state index in [0.29, 0.717) is 24.7 Å². The van der Waals surface area contributed by atoms with Crippen LogP contribution >= 0.6 is 0 Å². The monoisotopic (exact) mass is 305 g/mol. The molecule has 5 heteroatoms. The van der Waals surface area contributed by atoms with E-state index in [4.69, 9.17) is 5.26 Å². The molecule has 0 bridgehead atoms. The molecule has 0 aliphatic heterocycles. The Bertz CT molecular complexity index is 737. The van der Waals surface area contributed by atoms with Crippen molar-refractivity contribution in [2.75, 3.05) is 0 Å². The summed E-state index contributed by atoms with van der Waals surface area (Å²) in [6.07, 6.45) is 2.62. The van der Waals surface area contributed by atoms with E-state index in [1.54, 1.807) is 6.07 Å². The van der Waals surface area contributed by atoms with E-state index < -0.39 is 23.0 Å². The van der Waals surface area contributed by atoms with E-state index >= 15 is 0 Å². The summed E-state index contributed by atoms with van der Waals surface area (Å²) >= 11 is 0. The van der Waals surface area contributed by atoms with Gasteiger partial charge in [0.15, 0.2) is 0 Å². The molecule has 0 unspecified atom stereocenters. The van der Waals surface area contributed by atoms with E-state index in [-0.39, 0.29) is 11.1 Å². The van der Waals surface area contributed by atoms with Gasteiger partial charge in [-0.1, -0.05) is 18.2 Å². The molecule has 0 amide bonds. The van der Waals surface area contributed by atoms with Crippen molar-refractivity contribution in [2.24, 2.45) is 0 Å². The van der Waals surface area contributed by atoms with Crippen molar-refractivity contribution in [2.45, 2.75) is 12.8 Å². The van der Waals surface area contributed by atoms with Crippen LogP contribution in [0.3, 0.4) is 0 Å². The Morgan fingerprint density at radius 1 is 1.00 bits per heavy atom. The first-order valence-corrected chi connectivity index (χ1v) is 6.50.